The SMILES string of the molecule is COC(=O)c1ccc(=O)[nH]c1CCNC(=O)c1cnccn1. The van der Waals surface area contributed by atoms with E-state index < -0.39 is 5.97 Å². The van der Waals surface area contributed by atoms with Crippen molar-refractivity contribution in [3.63, 3.8) is 0 Å². The summed E-state index contributed by atoms with van der Waals surface area (Å²) in [6, 6.07) is 2.64. The number of pyridine rings is 1. The Kier molecular flexibility index (Phi) is 4.97. The van der Waals surface area contributed by atoms with Crippen LogP contribution in [-0.4, -0.2) is 40.5 Å². The normalized spacial score (nSPS) is 10.0. The lowest BCUT2D eigenvalue weighted by Crippen LogP contribution is -2.28. The molecule has 2 rings (SSSR count). The fraction of sp³-hybridized carbons (Fsp3) is 0.214. The van der Waals surface area contributed by atoms with Crippen LogP contribution in [-0.2, 0) is 11.2 Å². The van der Waals surface area contributed by atoms with E-state index in [1.165, 1.54) is 37.8 Å². The zero-order valence-electron chi connectivity index (χ0n) is 11.8. The van der Waals surface area contributed by atoms with Gasteiger partial charge in [-0.1, -0.05) is 0 Å². The Hall–Kier alpha value is -3.03. The van der Waals surface area contributed by atoms with Crippen molar-refractivity contribution in [1.82, 2.24) is 20.3 Å². The van der Waals surface area contributed by atoms with Crippen molar-refractivity contribution in [3.05, 3.63) is 58.0 Å². The average molecular weight is 302 g/mol. The predicted octanol–water partition coefficient (Wildman–Crippen LogP) is -0.0760. The molecule has 0 atom stereocenters. The summed E-state index contributed by atoms with van der Waals surface area (Å²) in [7, 11) is 1.26. The highest BCUT2D eigenvalue weighted by Gasteiger charge is 2.13. The van der Waals surface area contributed by atoms with Crippen molar-refractivity contribution in [3.8, 4) is 0 Å². The van der Waals surface area contributed by atoms with Gasteiger partial charge in [0.15, 0.2) is 0 Å². The van der Waals surface area contributed by atoms with Gasteiger partial charge in [-0.05, 0) is 6.07 Å². The maximum atomic E-state index is 11.8. The zero-order valence-corrected chi connectivity index (χ0v) is 11.8. The van der Waals surface area contributed by atoms with Crippen LogP contribution in [0.15, 0.2) is 35.5 Å². The number of rotatable bonds is 5. The van der Waals surface area contributed by atoms with Gasteiger partial charge in [-0.2, -0.15) is 0 Å². The Morgan fingerprint density at radius 3 is 2.82 bits per heavy atom. The molecule has 22 heavy (non-hydrogen) atoms. The van der Waals surface area contributed by atoms with Crippen LogP contribution in [0, 0.1) is 0 Å². The molecule has 0 aliphatic heterocycles. The second-order valence-corrected chi connectivity index (χ2v) is 4.30. The van der Waals surface area contributed by atoms with E-state index in [9.17, 15) is 14.4 Å². The highest BCUT2D eigenvalue weighted by atomic mass is 16.5. The first-order valence-electron chi connectivity index (χ1n) is 6.46. The van der Waals surface area contributed by atoms with Crippen LogP contribution in [0.4, 0.5) is 0 Å². The van der Waals surface area contributed by atoms with Crippen molar-refractivity contribution in [1.29, 1.82) is 0 Å². The van der Waals surface area contributed by atoms with Gasteiger partial charge in [0.1, 0.15) is 5.69 Å². The number of carbonyl (C=O) groups excluding carboxylic acids is 2. The minimum Gasteiger partial charge on any atom is -0.465 e. The molecule has 8 heteroatoms. The number of H-pyrrole nitrogens is 1. The summed E-state index contributed by atoms with van der Waals surface area (Å²) in [5, 5.41) is 2.64. The van der Waals surface area contributed by atoms with E-state index in [0.717, 1.165) is 0 Å². The number of ether oxygens (including phenoxy) is 1. The second-order valence-electron chi connectivity index (χ2n) is 4.30. The van der Waals surface area contributed by atoms with Gasteiger partial charge in [-0.3, -0.25) is 14.6 Å². The number of aromatic amines is 1. The van der Waals surface area contributed by atoms with Gasteiger partial charge < -0.3 is 15.0 Å². The Balaban J connectivity index is 2.03. The Bertz CT molecular complexity index is 727. The van der Waals surface area contributed by atoms with Gasteiger partial charge in [-0.15, -0.1) is 0 Å². The number of amides is 1. The number of nitrogens with zero attached hydrogens (tertiary/aromatic N) is 2. The lowest BCUT2D eigenvalue weighted by atomic mass is 10.1. The molecule has 0 bridgehead atoms. The lowest BCUT2D eigenvalue weighted by Gasteiger charge is -2.08. The predicted molar refractivity (Wildman–Crippen MR) is 76.5 cm³/mol. The molecule has 8 nitrogen and oxygen atoms in total. The molecule has 114 valence electrons. The van der Waals surface area contributed by atoms with E-state index in [2.05, 4.69) is 25.0 Å². The Labute approximate surface area is 125 Å². The van der Waals surface area contributed by atoms with Gasteiger partial charge in [-0.25, -0.2) is 9.78 Å². The van der Waals surface area contributed by atoms with E-state index in [0.29, 0.717) is 5.69 Å². The first-order chi connectivity index (χ1) is 10.6. The highest BCUT2D eigenvalue weighted by molar-refractivity contribution is 5.92. The Morgan fingerprint density at radius 2 is 2.14 bits per heavy atom. The third-order valence-electron chi connectivity index (χ3n) is 2.86. The number of hydrogen-bond donors (Lipinski definition) is 2. The molecular weight excluding hydrogens is 288 g/mol. The molecule has 0 aromatic carbocycles. The second kappa shape index (κ2) is 7.11. The number of methoxy groups -OCH3 is 1. The molecule has 0 unspecified atom stereocenters. The van der Waals surface area contributed by atoms with Crippen LogP contribution in [0.1, 0.15) is 26.5 Å². The summed E-state index contributed by atoms with van der Waals surface area (Å²) < 4.78 is 4.65. The van der Waals surface area contributed by atoms with Crippen LogP contribution in [0.5, 0.6) is 0 Å². The molecular formula is C14H14N4O4. The molecule has 0 saturated heterocycles. The fourth-order valence-corrected chi connectivity index (χ4v) is 1.82. The molecule has 1 amide bonds. The van der Waals surface area contributed by atoms with Gasteiger partial charge in [0.25, 0.3) is 5.91 Å². The van der Waals surface area contributed by atoms with E-state index >= 15 is 0 Å². The van der Waals surface area contributed by atoms with Gasteiger partial charge in [0.2, 0.25) is 5.56 Å². The van der Waals surface area contributed by atoms with Gasteiger partial charge in [0.05, 0.1) is 18.9 Å². The smallest absolute Gasteiger partial charge is 0.339 e. The summed E-state index contributed by atoms with van der Waals surface area (Å²) >= 11 is 0. The first-order valence-corrected chi connectivity index (χ1v) is 6.46. The molecule has 0 fully saturated rings. The van der Waals surface area contributed by atoms with Crippen molar-refractivity contribution in [2.75, 3.05) is 13.7 Å². The van der Waals surface area contributed by atoms with Crippen molar-refractivity contribution in [2.45, 2.75) is 6.42 Å². The van der Waals surface area contributed by atoms with Gasteiger partial charge >= 0.3 is 5.97 Å². The molecule has 2 aromatic rings. The summed E-state index contributed by atoms with van der Waals surface area (Å²) in [5.41, 5.74) is 0.523. The maximum Gasteiger partial charge on any atom is 0.339 e. The van der Waals surface area contributed by atoms with Crippen LogP contribution in [0.3, 0.4) is 0 Å². The average Bonchev–Trinajstić information content (AvgIpc) is 2.55. The van der Waals surface area contributed by atoms with Crippen molar-refractivity contribution < 1.29 is 14.3 Å². The number of aromatic nitrogens is 3. The summed E-state index contributed by atoms with van der Waals surface area (Å²) in [5.74, 6) is -0.933. The molecule has 0 radical (unpaired) electrons. The monoisotopic (exact) mass is 302 g/mol. The molecule has 2 aromatic heterocycles. The highest BCUT2D eigenvalue weighted by Crippen LogP contribution is 2.05. The van der Waals surface area contributed by atoms with E-state index in [-0.39, 0.29) is 35.7 Å². The van der Waals surface area contributed by atoms with Crippen LogP contribution in [0.2, 0.25) is 0 Å². The zero-order chi connectivity index (χ0) is 15.9. The topological polar surface area (TPSA) is 114 Å². The van der Waals surface area contributed by atoms with E-state index in [4.69, 9.17) is 0 Å². The Morgan fingerprint density at radius 1 is 1.32 bits per heavy atom. The van der Waals surface area contributed by atoms with E-state index in [1.54, 1.807) is 0 Å². The lowest BCUT2D eigenvalue weighted by molar-refractivity contribution is 0.0599. The summed E-state index contributed by atoms with van der Waals surface area (Å²) in [4.78, 5) is 45.0. The van der Waals surface area contributed by atoms with Crippen LogP contribution < -0.4 is 10.9 Å². The standard InChI is InChI=1S/C14H14N4O4/c1-22-14(21)9-2-3-12(19)18-10(9)4-5-17-13(20)11-8-15-6-7-16-11/h2-3,6-8H,4-5H2,1H3,(H,17,20)(H,18,19). The number of hydrogen-bond acceptors (Lipinski definition) is 6. The molecule has 0 aliphatic carbocycles. The third-order valence-corrected chi connectivity index (χ3v) is 2.86. The van der Waals surface area contributed by atoms with Gasteiger partial charge in [0, 0.05) is 37.1 Å². The minimum absolute atomic E-state index is 0.192. The maximum absolute atomic E-state index is 11.8. The largest absolute Gasteiger partial charge is 0.465 e. The van der Waals surface area contributed by atoms with Crippen LogP contribution in [0.25, 0.3) is 0 Å². The number of esters is 1. The van der Waals surface area contributed by atoms with Crippen molar-refractivity contribution >= 4 is 11.9 Å². The molecule has 2 heterocycles. The molecule has 0 saturated carbocycles. The first kappa shape index (κ1) is 15.4. The summed E-state index contributed by atoms with van der Waals surface area (Å²) in [6.45, 7) is 0.222. The van der Waals surface area contributed by atoms with Crippen molar-refractivity contribution in [2.24, 2.45) is 0 Å². The number of nitrogens with one attached hydrogen (secondary N) is 2. The minimum atomic E-state index is -0.550. The quantitative estimate of drug-likeness (QED) is 0.747. The van der Waals surface area contributed by atoms with E-state index in [1.807, 2.05) is 0 Å². The number of carbonyl (C=O) groups is 2. The molecule has 2 N–H and O–H groups in total. The fourth-order valence-electron chi connectivity index (χ4n) is 1.82. The van der Waals surface area contributed by atoms with Crippen LogP contribution >= 0.6 is 0 Å². The molecule has 0 aliphatic rings. The molecule has 0 spiro atoms. The summed E-state index contributed by atoms with van der Waals surface area (Å²) in [6.07, 6.45) is 4.50. The third kappa shape index (κ3) is 3.75.